The number of likely N-dealkylation sites (tertiary alicyclic amines) is 1. The molecule has 1 aliphatic heterocycles. The number of amides is 2. The molecule has 5 nitrogen and oxygen atoms in total. The fourth-order valence-electron chi connectivity index (χ4n) is 4.57. The van der Waals surface area contributed by atoms with E-state index in [0.29, 0.717) is 0 Å². The molecule has 0 spiro atoms. The van der Waals surface area contributed by atoms with Gasteiger partial charge in [-0.25, -0.2) is 4.79 Å². The number of hydrogen-bond donors (Lipinski definition) is 2. The molecule has 0 unspecified atom stereocenters. The molecular weight excluding hydrogens is 384 g/mol. The standard InChI is InChI=1S/C26H30N4O/c27-25(31)29-23-11-9-22(10-12-23)20-30-18-15-26(16-19-30,24-8-4-5-17-28-24)14-13-21-6-2-1-3-7-21/h1-12,17H,13-16,18-20H2,(H3,27,29,31). The maximum atomic E-state index is 11.0. The van der Waals surface area contributed by atoms with Gasteiger partial charge in [-0.2, -0.15) is 0 Å². The number of nitrogens with zero attached hydrogens (tertiary/aromatic N) is 2. The zero-order chi connectivity index (χ0) is 21.5. The Hall–Kier alpha value is -3.18. The molecule has 1 saturated heterocycles. The van der Waals surface area contributed by atoms with Gasteiger partial charge in [0.25, 0.3) is 0 Å². The third kappa shape index (κ3) is 5.50. The lowest BCUT2D eigenvalue weighted by Gasteiger charge is -2.42. The Morgan fingerprint density at radius 3 is 2.29 bits per heavy atom. The predicted molar refractivity (Wildman–Crippen MR) is 125 cm³/mol. The molecule has 3 aromatic rings. The summed E-state index contributed by atoms with van der Waals surface area (Å²) in [5.74, 6) is 0. The summed E-state index contributed by atoms with van der Waals surface area (Å²) in [6, 6.07) is 24.5. The first-order valence-electron chi connectivity index (χ1n) is 11.0. The van der Waals surface area contributed by atoms with Gasteiger partial charge >= 0.3 is 6.03 Å². The second-order valence-corrected chi connectivity index (χ2v) is 8.44. The molecule has 160 valence electrons. The van der Waals surface area contributed by atoms with E-state index in [9.17, 15) is 4.79 Å². The normalized spacial score (nSPS) is 16.0. The van der Waals surface area contributed by atoms with E-state index >= 15 is 0 Å². The summed E-state index contributed by atoms with van der Waals surface area (Å²) in [6.45, 7) is 3.01. The molecule has 2 aromatic carbocycles. The molecule has 1 aromatic heterocycles. The second-order valence-electron chi connectivity index (χ2n) is 8.44. The second kappa shape index (κ2) is 9.75. The van der Waals surface area contributed by atoms with Crippen molar-refractivity contribution in [1.82, 2.24) is 9.88 Å². The van der Waals surface area contributed by atoms with Gasteiger partial charge in [0.05, 0.1) is 0 Å². The van der Waals surface area contributed by atoms with Crippen LogP contribution in [0.5, 0.6) is 0 Å². The first-order valence-corrected chi connectivity index (χ1v) is 11.0. The molecule has 31 heavy (non-hydrogen) atoms. The fourth-order valence-corrected chi connectivity index (χ4v) is 4.57. The highest BCUT2D eigenvalue weighted by atomic mass is 16.2. The highest BCUT2D eigenvalue weighted by Gasteiger charge is 2.36. The highest BCUT2D eigenvalue weighted by Crippen LogP contribution is 2.39. The van der Waals surface area contributed by atoms with Crippen LogP contribution in [0.1, 0.15) is 36.1 Å². The van der Waals surface area contributed by atoms with Crippen molar-refractivity contribution in [3.63, 3.8) is 0 Å². The summed E-state index contributed by atoms with van der Waals surface area (Å²) < 4.78 is 0. The van der Waals surface area contributed by atoms with Gasteiger partial charge in [0, 0.05) is 29.5 Å². The maximum absolute atomic E-state index is 11.0. The van der Waals surface area contributed by atoms with Crippen LogP contribution in [0.4, 0.5) is 10.5 Å². The van der Waals surface area contributed by atoms with Crippen molar-refractivity contribution in [3.8, 4) is 0 Å². The molecule has 0 atom stereocenters. The van der Waals surface area contributed by atoms with Gasteiger partial charge in [-0.3, -0.25) is 9.88 Å². The third-order valence-electron chi connectivity index (χ3n) is 6.38. The van der Waals surface area contributed by atoms with E-state index < -0.39 is 6.03 Å². The molecule has 2 amide bonds. The molecule has 0 saturated carbocycles. The van der Waals surface area contributed by atoms with Crippen LogP contribution in [0, 0.1) is 0 Å². The number of hydrogen-bond acceptors (Lipinski definition) is 3. The van der Waals surface area contributed by atoms with E-state index in [1.807, 2.05) is 24.4 Å². The average molecular weight is 415 g/mol. The van der Waals surface area contributed by atoms with Crippen LogP contribution in [-0.4, -0.2) is 29.0 Å². The minimum absolute atomic E-state index is 0.128. The van der Waals surface area contributed by atoms with Gasteiger partial charge in [-0.15, -0.1) is 0 Å². The number of piperidine rings is 1. The Labute approximate surface area is 184 Å². The predicted octanol–water partition coefficient (Wildman–Crippen LogP) is 4.74. The van der Waals surface area contributed by atoms with E-state index in [1.54, 1.807) is 0 Å². The van der Waals surface area contributed by atoms with Crippen molar-refractivity contribution < 1.29 is 4.79 Å². The number of urea groups is 1. The van der Waals surface area contributed by atoms with E-state index in [1.165, 1.54) is 16.8 Å². The number of carbonyl (C=O) groups is 1. The fraction of sp³-hybridized carbons (Fsp3) is 0.308. The van der Waals surface area contributed by atoms with Gasteiger partial charge in [0.15, 0.2) is 0 Å². The summed E-state index contributed by atoms with van der Waals surface area (Å²) in [4.78, 5) is 18.3. The van der Waals surface area contributed by atoms with Crippen LogP contribution in [0.3, 0.4) is 0 Å². The number of benzene rings is 2. The van der Waals surface area contributed by atoms with E-state index in [2.05, 4.69) is 64.8 Å². The van der Waals surface area contributed by atoms with Crippen molar-refractivity contribution in [2.45, 2.75) is 37.6 Å². The van der Waals surface area contributed by atoms with E-state index in [0.717, 1.165) is 51.0 Å². The zero-order valence-electron chi connectivity index (χ0n) is 17.8. The van der Waals surface area contributed by atoms with Crippen molar-refractivity contribution in [2.24, 2.45) is 5.73 Å². The minimum atomic E-state index is -0.537. The number of aryl methyl sites for hydroxylation is 1. The summed E-state index contributed by atoms with van der Waals surface area (Å²) in [6.07, 6.45) is 6.34. The monoisotopic (exact) mass is 414 g/mol. The van der Waals surface area contributed by atoms with Crippen molar-refractivity contribution in [1.29, 1.82) is 0 Å². The smallest absolute Gasteiger partial charge is 0.316 e. The van der Waals surface area contributed by atoms with E-state index in [-0.39, 0.29) is 5.41 Å². The maximum Gasteiger partial charge on any atom is 0.316 e. The van der Waals surface area contributed by atoms with Crippen LogP contribution in [-0.2, 0) is 18.4 Å². The Bertz CT molecular complexity index is 965. The van der Waals surface area contributed by atoms with Gasteiger partial charge in [0.1, 0.15) is 0 Å². The van der Waals surface area contributed by atoms with Gasteiger partial charge in [-0.05, 0) is 74.2 Å². The number of primary amides is 1. The number of nitrogens with one attached hydrogen (secondary N) is 1. The number of carbonyl (C=O) groups excluding carboxylic acids is 1. The van der Waals surface area contributed by atoms with Crippen LogP contribution in [0.25, 0.3) is 0 Å². The SMILES string of the molecule is NC(=O)Nc1ccc(CN2CCC(CCc3ccccc3)(c3ccccn3)CC2)cc1. The van der Waals surface area contributed by atoms with Gasteiger partial charge in [0.2, 0.25) is 0 Å². The lowest BCUT2D eigenvalue weighted by atomic mass is 9.71. The molecule has 0 bridgehead atoms. The summed E-state index contributed by atoms with van der Waals surface area (Å²) in [7, 11) is 0. The first kappa shape index (κ1) is 21.1. The van der Waals surface area contributed by atoms with Crippen LogP contribution in [0.15, 0.2) is 79.0 Å². The van der Waals surface area contributed by atoms with Crippen molar-refractivity contribution >= 4 is 11.7 Å². The number of pyridine rings is 1. The zero-order valence-corrected chi connectivity index (χ0v) is 17.8. The average Bonchev–Trinajstić information content (AvgIpc) is 2.81. The Balaban J connectivity index is 1.41. The molecule has 1 aliphatic rings. The topological polar surface area (TPSA) is 71.2 Å². The molecule has 0 radical (unpaired) electrons. The van der Waals surface area contributed by atoms with Crippen molar-refractivity contribution in [3.05, 3.63) is 95.8 Å². The Kier molecular flexibility index (Phi) is 6.63. The largest absolute Gasteiger partial charge is 0.351 e. The summed E-state index contributed by atoms with van der Waals surface area (Å²) in [5.41, 5.74) is 9.90. The number of anilines is 1. The third-order valence-corrected chi connectivity index (χ3v) is 6.38. The number of aromatic nitrogens is 1. The number of rotatable bonds is 7. The minimum Gasteiger partial charge on any atom is -0.351 e. The lowest BCUT2D eigenvalue weighted by molar-refractivity contribution is 0.143. The molecule has 2 heterocycles. The molecule has 4 rings (SSSR count). The lowest BCUT2D eigenvalue weighted by Crippen LogP contribution is -2.43. The van der Waals surface area contributed by atoms with Crippen LogP contribution < -0.4 is 11.1 Å². The molecular formula is C26H30N4O. The van der Waals surface area contributed by atoms with Crippen LogP contribution in [0.2, 0.25) is 0 Å². The van der Waals surface area contributed by atoms with Gasteiger partial charge < -0.3 is 11.1 Å². The molecule has 3 N–H and O–H groups in total. The summed E-state index contributed by atoms with van der Waals surface area (Å²) >= 11 is 0. The number of nitrogens with two attached hydrogens (primary N) is 1. The Morgan fingerprint density at radius 1 is 0.935 bits per heavy atom. The van der Waals surface area contributed by atoms with Crippen LogP contribution >= 0.6 is 0 Å². The molecule has 5 heteroatoms. The summed E-state index contributed by atoms with van der Waals surface area (Å²) in [5, 5.41) is 2.61. The first-order chi connectivity index (χ1) is 15.1. The highest BCUT2D eigenvalue weighted by molar-refractivity contribution is 5.87. The molecule has 0 aliphatic carbocycles. The van der Waals surface area contributed by atoms with Gasteiger partial charge in [-0.1, -0.05) is 48.5 Å². The quantitative estimate of drug-likeness (QED) is 0.587. The molecule has 1 fully saturated rings. The van der Waals surface area contributed by atoms with E-state index in [4.69, 9.17) is 10.7 Å². The Morgan fingerprint density at radius 2 is 1.65 bits per heavy atom. The van der Waals surface area contributed by atoms with Crippen molar-refractivity contribution in [2.75, 3.05) is 18.4 Å².